The van der Waals surface area contributed by atoms with Crippen molar-refractivity contribution < 1.29 is 9.47 Å². The Morgan fingerprint density at radius 3 is 2.56 bits per heavy atom. The van der Waals surface area contributed by atoms with Crippen LogP contribution in [0.5, 0.6) is 5.75 Å². The minimum absolute atomic E-state index is 0.136. The molecule has 4 heteroatoms. The van der Waals surface area contributed by atoms with E-state index >= 15 is 0 Å². The molecular weight excluding hydrogens is 250 g/mol. The van der Waals surface area contributed by atoms with E-state index in [9.17, 15) is 0 Å². The molecule has 0 heterocycles. The number of hydrogen-bond acceptors (Lipinski definition) is 3. The third-order valence-corrected chi connectivity index (χ3v) is 3.23. The number of benzene rings is 1. The Morgan fingerprint density at radius 2 is 2.00 bits per heavy atom. The van der Waals surface area contributed by atoms with Crippen molar-refractivity contribution in [1.82, 2.24) is 0 Å². The molecule has 0 aliphatic heterocycles. The second-order valence-electron chi connectivity index (χ2n) is 5.06. The maximum absolute atomic E-state index is 5.99. The van der Waals surface area contributed by atoms with Crippen molar-refractivity contribution in [3.63, 3.8) is 0 Å². The molecule has 0 aliphatic rings. The zero-order chi connectivity index (χ0) is 13.8. The molecule has 1 aromatic rings. The first-order valence-electron chi connectivity index (χ1n) is 6.03. The summed E-state index contributed by atoms with van der Waals surface area (Å²) >= 11 is 5.99. The first-order valence-corrected chi connectivity index (χ1v) is 6.41. The van der Waals surface area contributed by atoms with E-state index < -0.39 is 0 Å². The van der Waals surface area contributed by atoms with Crippen molar-refractivity contribution in [2.45, 2.75) is 38.8 Å². The fourth-order valence-corrected chi connectivity index (χ4v) is 2.10. The highest BCUT2D eigenvalue weighted by atomic mass is 35.5. The van der Waals surface area contributed by atoms with Gasteiger partial charge in [0.1, 0.15) is 5.75 Å². The number of methoxy groups -OCH3 is 2. The molecule has 0 fully saturated rings. The van der Waals surface area contributed by atoms with Crippen LogP contribution in [0.2, 0.25) is 5.02 Å². The maximum Gasteiger partial charge on any atom is 0.139 e. The average Bonchev–Trinajstić information content (AvgIpc) is 2.31. The third kappa shape index (κ3) is 4.39. The molecule has 0 bridgehead atoms. The van der Waals surface area contributed by atoms with Gasteiger partial charge in [-0.15, -0.1) is 0 Å². The average molecular weight is 272 g/mol. The molecule has 1 N–H and O–H groups in total. The van der Waals surface area contributed by atoms with E-state index in [4.69, 9.17) is 21.1 Å². The normalized spacial score (nSPS) is 13.2. The molecule has 1 atom stereocenters. The van der Waals surface area contributed by atoms with Crippen molar-refractivity contribution in [2.24, 2.45) is 0 Å². The lowest BCUT2D eigenvalue weighted by Crippen LogP contribution is -2.31. The monoisotopic (exact) mass is 271 g/mol. The molecule has 3 nitrogen and oxygen atoms in total. The van der Waals surface area contributed by atoms with Crippen molar-refractivity contribution in [1.29, 1.82) is 0 Å². The number of nitrogens with one attached hydrogen (secondary N) is 1. The van der Waals surface area contributed by atoms with Crippen LogP contribution in [-0.2, 0) is 4.74 Å². The molecule has 1 aromatic carbocycles. The van der Waals surface area contributed by atoms with Gasteiger partial charge in [0.25, 0.3) is 0 Å². The number of halogens is 1. The highest BCUT2D eigenvalue weighted by Gasteiger charge is 2.20. The Hall–Kier alpha value is -0.930. The Kier molecular flexibility index (Phi) is 5.29. The number of rotatable bonds is 6. The summed E-state index contributed by atoms with van der Waals surface area (Å²) in [5.74, 6) is 0.680. The molecule has 0 amide bonds. The summed E-state index contributed by atoms with van der Waals surface area (Å²) in [6, 6.07) is 5.97. The minimum Gasteiger partial charge on any atom is -0.495 e. The smallest absolute Gasteiger partial charge is 0.139 e. The molecule has 0 radical (unpaired) electrons. The van der Waals surface area contributed by atoms with E-state index in [0.29, 0.717) is 16.8 Å². The van der Waals surface area contributed by atoms with Gasteiger partial charge in [0.15, 0.2) is 0 Å². The molecule has 0 aliphatic carbocycles. The van der Waals surface area contributed by atoms with Crippen LogP contribution < -0.4 is 10.1 Å². The second-order valence-corrected chi connectivity index (χ2v) is 5.47. The van der Waals surface area contributed by atoms with Gasteiger partial charge in [-0.2, -0.15) is 0 Å². The fourth-order valence-electron chi connectivity index (χ4n) is 1.91. The lowest BCUT2D eigenvalue weighted by molar-refractivity contribution is 0.0128. The van der Waals surface area contributed by atoms with Gasteiger partial charge in [0.05, 0.1) is 17.7 Å². The Labute approximate surface area is 114 Å². The zero-order valence-electron chi connectivity index (χ0n) is 11.7. The fraction of sp³-hybridized carbons (Fsp3) is 0.571. The summed E-state index contributed by atoms with van der Waals surface area (Å²) in [4.78, 5) is 0. The Balaban J connectivity index is 2.67. The molecule has 1 rings (SSSR count). The number of ether oxygens (including phenoxy) is 2. The number of anilines is 1. The minimum atomic E-state index is -0.136. The van der Waals surface area contributed by atoms with E-state index in [2.05, 4.69) is 26.1 Å². The van der Waals surface area contributed by atoms with E-state index in [1.54, 1.807) is 14.2 Å². The molecule has 0 saturated heterocycles. The lowest BCUT2D eigenvalue weighted by atomic mass is 10.00. The molecule has 0 saturated carbocycles. The van der Waals surface area contributed by atoms with Crippen LogP contribution in [0.15, 0.2) is 18.2 Å². The van der Waals surface area contributed by atoms with E-state index in [1.807, 2.05) is 18.2 Å². The summed E-state index contributed by atoms with van der Waals surface area (Å²) in [7, 11) is 3.35. The summed E-state index contributed by atoms with van der Waals surface area (Å²) in [5, 5.41) is 4.03. The molecule has 0 spiro atoms. The Bertz CT molecular complexity index is 393. The summed E-state index contributed by atoms with van der Waals surface area (Å²) in [6.07, 6.45) is 0.911. The zero-order valence-corrected chi connectivity index (χ0v) is 12.5. The highest BCUT2D eigenvalue weighted by Crippen LogP contribution is 2.28. The van der Waals surface area contributed by atoms with Gasteiger partial charge < -0.3 is 14.8 Å². The van der Waals surface area contributed by atoms with Crippen molar-refractivity contribution in [3.8, 4) is 5.75 Å². The van der Waals surface area contributed by atoms with Gasteiger partial charge in [-0.1, -0.05) is 11.6 Å². The van der Waals surface area contributed by atoms with Gasteiger partial charge in [0, 0.05) is 24.9 Å². The van der Waals surface area contributed by atoms with Gasteiger partial charge in [-0.05, 0) is 39.3 Å². The molecular formula is C14H22ClNO2. The van der Waals surface area contributed by atoms with Crippen LogP contribution >= 0.6 is 11.6 Å². The SMILES string of the molecule is COc1cc(NC(C)CC(C)(C)OC)ccc1Cl. The van der Waals surface area contributed by atoms with Gasteiger partial charge in [-0.3, -0.25) is 0 Å². The first kappa shape index (κ1) is 15.1. The first-order chi connectivity index (χ1) is 8.38. The largest absolute Gasteiger partial charge is 0.495 e. The van der Waals surface area contributed by atoms with Crippen LogP contribution in [0.25, 0.3) is 0 Å². The van der Waals surface area contributed by atoms with Crippen molar-refractivity contribution >= 4 is 17.3 Å². The lowest BCUT2D eigenvalue weighted by Gasteiger charge is -2.27. The van der Waals surface area contributed by atoms with Crippen LogP contribution in [0.1, 0.15) is 27.2 Å². The molecule has 18 heavy (non-hydrogen) atoms. The van der Waals surface area contributed by atoms with Gasteiger partial charge in [-0.25, -0.2) is 0 Å². The van der Waals surface area contributed by atoms with Crippen LogP contribution in [0.3, 0.4) is 0 Å². The van der Waals surface area contributed by atoms with Crippen molar-refractivity contribution in [2.75, 3.05) is 19.5 Å². The van der Waals surface area contributed by atoms with Gasteiger partial charge >= 0.3 is 0 Å². The predicted octanol–water partition coefficient (Wildman–Crippen LogP) is 3.96. The summed E-state index contributed by atoms with van der Waals surface area (Å²) in [6.45, 7) is 6.28. The summed E-state index contributed by atoms with van der Waals surface area (Å²) in [5.41, 5.74) is 0.860. The topological polar surface area (TPSA) is 30.5 Å². The Morgan fingerprint density at radius 1 is 1.33 bits per heavy atom. The van der Waals surface area contributed by atoms with E-state index in [1.165, 1.54) is 0 Å². The number of hydrogen-bond donors (Lipinski definition) is 1. The maximum atomic E-state index is 5.99. The molecule has 1 unspecified atom stereocenters. The quantitative estimate of drug-likeness (QED) is 0.849. The van der Waals surface area contributed by atoms with E-state index in [-0.39, 0.29) is 5.60 Å². The summed E-state index contributed by atoms with van der Waals surface area (Å²) < 4.78 is 10.6. The van der Waals surface area contributed by atoms with Crippen LogP contribution in [-0.4, -0.2) is 25.9 Å². The predicted molar refractivity (Wildman–Crippen MR) is 76.8 cm³/mol. The highest BCUT2D eigenvalue weighted by molar-refractivity contribution is 6.32. The molecule has 102 valence electrons. The van der Waals surface area contributed by atoms with E-state index in [0.717, 1.165) is 12.1 Å². The third-order valence-electron chi connectivity index (χ3n) is 2.91. The second kappa shape index (κ2) is 6.30. The molecule has 0 aromatic heterocycles. The van der Waals surface area contributed by atoms with Crippen LogP contribution in [0, 0.1) is 0 Å². The van der Waals surface area contributed by atoms with Gasteiger partial charge in [0.2, 0.25) is 0 Å². The standard InChI is InChI=1S/C14H22ClNO2/c1-10(9-14(2,3)18-5)16-11-6-7-12(15)13(8-11)17-4/h6-8,10,16H,9H2,1-5H3. The van der Waals surface area contributed by atoms with Crippen molar-refractivity contribution in [3.05, 3.63) is 23.2 Å². The van der Waals surface area contributed by atoms with Crippen LogP contribution in [0.4, 0.5) is 5.69 Å².